The van der Waals surface area contributed by atoms with Gasteiger partial charge in [-0.15, -0.1) is 5.10 Å². The van der Waals surface area contributed by atoms with Gasteiger partial charge in [0.15, 0.2) is 5.82 Å². The third kappa shape index (κ3) is 4.61. The molecule has 0 fully saturated rings. The zero-order chi connectivity index (χ0) is 19.4. The predicted molar refractivity (Wildman–Crippen MR) is 112 cm³/mol. The summed E-state index contributed by atoms with van der Waals surface area (Å²) in [4.78, 5) is 6.71. The second-order valence-corrected chi connectivity index (χ2v) is 7.68. The minimum absolute atomic E-state index is 0.137. The zero-order valence-corrected chi connectivity index (χ0v) is 16.7. The lowest BCUT2D eigenvalue weighted by atomic mass is 9.87. The average Bonchev–Trinajstić information content (AvgIpc) is 2.62. The van der Waals surface area contributed by atoms with Crippen molar-refractivity contribution in [1.82, 2.24) is 15.2 Å². The standard InChI is InChI=1S/C22H27N5/c1-6-27(19-9-7-8-16(2)14-19)21-25-20(15-23-26-21)24-18-12-10-17(11-13-18)22(3,4)5/h7-15H,6H2,1-5H3,(H,24,25,26). The zero-order valence-electron chi connectivity index (χ0n) is 16.7. The molecule has 0 spiro atoms. The second kappa shape index (κ2) is 7.74. The van der Waals surface area contributed by atoms with E-state index in [1.165, 1.54) is 11.1 Å². The van der Waals surface area contributed by atoms with Gasteiger partial charge in [0.05, 0.1) is 6.20 Å². The fourth-order valence-corrected chi connectivity index (χ4v) is 2.91. The average molecular weight is 361 g/mol. The minimum Gasteiger partial charge on any atom is -0.339 e. The molecule has 0 aliphatic heterocycles. The first kappa shape index (κ1) is 18.8. The van der Waals surface area contributed by atoms with E-state index in [0.29, 0.717) is 11.8 Å². The summed E-state index contributed by atoms with van der Waals surface area (Å²) >= 11 is 0. The van der Waals surface area contributed by atoms with Crippen LogP contribution in [0.5, 0.6) is 0 Å². The fourth-order valence-electron chi connectivity index (χ4n) is 2.91. The van der Waals surface area contributed by atoms with E-state index in [4.69, 9.17) is 0 Å². The van der Waals surface area contributed by atoms with Crippen molar-refractivity contribution in [2.24, 2.45) is 0 Å². The van der Waals surface area contributed by atoms with Crippen molar-refractivity contribution in [3.63, 3.8) is 0 Å². The molecule has 0 bridgehead atoms. The topological polar surface area (TPSA) is 53.9 Å². The number of benzene rings is 2. The highest BCUT2D eigenvalue weighted by Crippen LogP contribution is 2.26. The van der Waals surface area contributed by atoms with Crippen molar-refractivity contribution in [1.29, 1.82) is 0 Å². The lowest BCUT2D eigenvalue weighted by Crippen LogP contribution is -2.19. The number of rotatable bonds is 5. The van der Waals surface area contributed by atoms with Gasteiger partial charge in [0.1, 0.15) is 0 Å². The van der Waals surface area contributed by atoms with E-state index < -0.39 is 0 Å². The Morgan fingerprint density at radius 2 is 1.78 bits per heavy atom. The smallest absolute Gasteiger partial charge is 0.251 e. The highest BCUT2D eigenvalue weighted by molar-refractivity contribution is 5.61. The number of anilines is 4. The Hall–Kier alpha value is -2.95. The summed E-state index contributed by atoms with van der Waals surface area (Å²) in [5, 5.41) is 11.7. The molecule has 140 valence electrons. The van der Waals surface area contributed by atoms with Crippen LogP contribution in [0.25, 0.3) is 0 Å². The van der Waals surface area contributed by atoms with Crippen LogP contribution in [0.3, 0.4) is 0 Å². The van der Waals surface area contributed by atoms with Crippen LogP contribution < -0.4 is 10.2 Å². The third-order valence-electron chi connectivity index (χ3n) is 4.44. The maximum Gasteiger partial charge on any atom is 0.251 e. The number of hydrogen-bond donors (Lipinski definition) is 1. The number of aryl methyl sites for hydroxylation is 1. The van der Waals surface area contributed by atoms with Gasteiger partial charge in [-0.1, -0.05) is 45.0 Å². The van der Waals surface area contributed by atoms with Crippen molar-refractivity contribution in [3.05, 3.63) is 65.9 Å². The molecule has 1 N–H and O–H groups in total. The van der Waals surface area contributed by atoms with Gasteiger partial charge in [0.25, 0.3) is 5.95 Å². The summed E-state index contributed by atoms with van der Waals surface area (Å²) in [5.74, 6) is 1.26. The molecule has 2 aromatic carbocycles. The van der Waals surface area contributed by atoms with Crippen molar-refractivity contribution in [2.45, 2.75) is 40.0 Å². The molecule has 3 rings (SSSR count). The molecule has 0 radical (unpaired) electrons. The normalized spacial score (nSPS) is 11.3. The number of nitrogens with zero attached hydrogens (tertiary/aromatic N) is 4. The Kier molecular flexibility index (Phi) is 5.40. The molecule has 0 atom stereocenters. The SMILES string of the molecule is CCN(c1cccc(C)c1)c1nncc(Nc2ccc(C(C)(C)C)cc2)n1. The molecule has 5 nitrogen and oxygen atoms in total. The first-order valence-corrected chi connectivity index (χ1v) is 9.28. The number of hydrogen-bond acceptors (Lipinski definition) is 5. The molecule has 0 aliphatic carbocycles. The van der Waals surface area contributed by atoms with Crippen LogP contribution in [0.4, 0.5) is 23.1 Å². The predicted octanol–water partition coefficient (Wildman–Crippen LogP) is 5.38. The Morgan fingerprint density at radius 1 is 1.04 bits per heavy atom. The van der Waals surface area contributed by atoms with Gasteiger partial charge < -0.3 is 10.2 Å². The number of aromatic nitrogens is 3. The van der Waals surface area contributed by atoms with Crippen LogP contribution in [0.15, 0.2) is 54.7 Å². The number of nitrogens with one attached hydrogen (secondary N) is 1. The van der Waals surface area contributed by atoms with E-state index in [0.717, 1.165) is 17.9 Å². The van der Waals surface area contributed by atoms with Gasteiger partial charge in [-0.05, 0) is 54.7 Å². The molecular formula is C22H27N5. The Bertz CT molecular complexity index is 897. The Morgan fingerprint density at radius 3 is 2.41 bits per heavy atom. The summed E-state index contributed by atoms with van der Waals surface area (Å²) in [7, 11) is 0. The van der Waals surface area contributed by atoms with Gasteiger partial charge in [-0.2, -0.15) is 10.1 Å². The molecule has 0 saturated carbocycles. The van der Waals surface area contributed by atoms with Crippen LogP contribution in [0.1, 0.15) is 38.8 Å². The summed E-state index contributed by atoms with van der Waals surface area (Å²) in [6, 6.07) is 16.7. The summed E-state index contributed by atoms with van der Waals surface area (Å²) in [6.45, 7) is 11.5. The van der Waals surface area contributed by atoms with Crippen LogP contribution in [-0.4, -0.2) is 21.7 Å². The maximum atomic E-state index is 4.66. The van der Waals surface area contributed by atoms with E-state index in [9.17, 15) is 0 Å². The molecule has 27 heavy (non-hydrogen) atoms. The summed E-state index contributed by atoms with van der Waals surface area (Å²) in [6.07, 6.45) is 1.64. The first-order chi connectivity index (χ1) is 12.9. The van der Waals surface area contributed by atoms with E-state index in [2.05, 4.69) is 97.6 Å². The molecule has 0 amide bonds. The fraction of sp³-hybridized carbons (Fsp3) is 0.318. The quantitative estimate of drug-likeness (QED) is 0.661. The van der Waals surface area contributed by atoms with Gasteiger partial charge >= 0.3 is 0 Å². The van der Waals surface area contributed by atoms with Gasteiger partial charge in [-0.3, -0.25) is 0 Å². The van der Waals surface area contributed by atoms with Gasteiger partial charge in [-0.25, -0.2) is 0 Å². The van der Waals surface area contributed by atoms with E-state index >= 15 is 0 Å². The molecule has 0 unspecified atom stereocenters. The largest absolute Gasteiger partial charge is 0.339 e. The lowest BCUT2D eigenvalue weighted by Gasteiger charge is -2.21. The summed E-state index contributed by atoms with van der Waals surface area (Å²) in [5.41, 5.74) is 4.68. The van der Waals surface area contributed by atoms with Crippen LogP contribution in [0, 0.1) is 6.92 Å². The maximum absolute atomic E-state index is 4.66. The van der Waals surface area contributed by atoms with Gasteiger partial charge in [0, 0.05) is 17.9 Å². The second-order valence-electron chi connectivity index (χ2n) is 7.68. The van der Waals surface area contributed by atoms with E-state index in [1.807, 2.05) is 11.0 Å². The Labute approximate surface area is 161 Å². The van der Waals surface area contributed by atoms with Gasteiger partial charge in [0.2, 0.25) is 0 Å². The van der Waals surface area contributed by atoms with Crippen LogP contribution in [-0.2, 0) is 5.41 Å². The summed E-state index contributed by atoms with van der Waals surface area (Å²) < 4.78 is 0. The lowest BCUT2D eigenvalue weighted by molar-refractivity contribution is 0.590. The van der Waals surface area contributed by atoms with Crippen molar-refractivity contribution < 1.29 is 0 Å². The third-order valence-corrected chi connectivity index (χ3v) is 4.44. The molecule has 5 heteroatoms. The Balaban J connectivity index is 1.82. The molecule has 0 aliphatic rings. The highest BCUT2D eigenvalue weighted by Gasteiger charge is 2.14. The van der Waals surface area contributed by atoms with Crippen LogP contribution >= 0.6 is 0 Å². The van der Waals surface area contributed by atoms with E-state index in [1.54, 1.807) is 6.20 Å². The molecule has 1 heterocycles. The van der Waals surface area contributed by atoms with Crippen molar-refractivity contribution in [3.8, 4) is 0 Å². The van der Waals surface area contributed by atoms with Crippen molar-refractivity contribution >= 4 is 23.1 Å². The molecular weight excluding hydrogens is 334 g/mol. The molecule has 0 saturated heterocycles. The monoisotopic (exact) mass is 361 g/mol. The van der Waals surface area contributed by atoms with E-state index in [-0.39, 0.29) is 5.41 Å². The van der Waals surface area contributed by atoms with Crippen molar-refractivity contribution in [2.75, 3.05) is 16.8 Å². The first-order valence-electron chi connectivity index (χ1n) is 9.28. The van der Waals surface area contributed by atoms with Crippen LogP contribution in [0.2, 0.25) is 0 Å². The highest BCUT2D eigenvalue weighted by atomic mass is 15.3. The molecule has 3 aromatic rings. The molecule has 1 aromatic heterocycles. The minimum atomic E-state index is 0.137.